The molecule has 90 valence electrons. The van der Waals surface area contributed by atoms with Gasteiger partial charge in [0.15, 0.2) is 0 Å². The molecule has 0 aliphatic carbocycles. The smallest absolute Gasteiger partial charge is 0.121 e. The van der Waals surface area contributed by atoms with Crippen LogP contribution in [-0.4, -0.2) is 16.9 Å². The van der Waals surface area contributed by atoms with Gasteiger partial charge in [-0.15, -0.1) is 0 Å². The topological polar surface area (TPSA) is 53.1 Å². The SMILES string of the molecule is COc1ccc(C(N)c2cnn(C)c2)cc1C. The van der Waals surface area contributed by atoms with E-state index in [0.29, 0.717) is 0 Å². The lowest BCUT2D eigenvalue weighted by molar-refractivity contribution is 0.411. The molecule has 1 aromatic heterocycles. The highest BCUT2D eigenvalue weighted by atomic mass is 16.5. The summed E-state index contributed by atoms with van der Waals surface area (Å²) in [7, 11) is 3.55. The van der Waals surface area contributed by atoms with Crippen LogP contribution in [0.1, 0.15) is 22.7 Å². The Morgan fingerprint density at radius 2 is 2.12 bits per heavy atom. The highest BCUT2D eigenvalue weighted by Crippen LogP contribution is 2.24. The number of nitrogens with two attached hydrogens (primary N) is 1. The lowest BCUT2D eigenvalue weighted by Crippen LogP contribution is -2.11. The molecule has 0 amide bonds. The van der Waals surface area contributed by atoms with Crippen LogP contribution < -0.4 is 10.5 Å². The molecule has 1 unspecified atom stereocenters. The molecule has 1 heterocycles. The van der Waals surface area contributed by atoms with Gasteiger partial charge in [0.05, 0.1) is 19.3 Å². The molecule has 1 aromatic carbocycles. The van der Waals surface area contributed by atoms with Crippen molar-refractivity contribution in [3.05, 3.63) is 47.3 Å². The van der Waals surface area contributed by atoms with Gasteiger partial charge in [-0.25, -0.2) is 0 Å². The fourth-order valence-electron chi connectivity index (χ4n) is 1.89. The first-order valence-electron chi connectivity index (χ1n) is 5.50. The average Bonchev–Trinajstić information content (AvgIpc) is 2.75. The van der Waals surface area contributed by atoms with E-state index in [1.165, 1.54) is 0 Å². The highest BCUT2D eigenvalue weighted by molar-refractivity contribution is 5.39. The van der Waals surface area contributed by atoms with Crippen molar-refractivity contribution in [2.24, 2.45) is 12.8 Å². The minimum atomic E-state index is -0.145. The van der Waals surface area contributed by atoms with E-state index in [2.05, 4.69) is 11.2 Å². The minimum absolute atomic E-state index is 0.145. The third kappa shape index (κ3) is 2.31. The Labute approximate surface area is 101 Å². The summed E-state index contributed by atoms with van der Waals surface area (Å²) in [6, 6.07) is 5.84. The molecule has 1 atom stereocenters. The van der Waals surface area contributed by atoms with E-state index in [0.717, 1.165) is 22.4 Å². The fraction of sp³-hybridized carbons (Fsp3) is 0.308. The summed E-state index contributed by atoms with van der Waals surface area (Å²) in [4.78, 5) is 0. The Balaban J connectivity index is 2.31. The Morgan fingerprint density at radius 3 is 2.65 bits per heavy atom. The van der Waals surface area contributed by atoms with Crippen molar-refractivity contribution in [2.75, 3.05) is 7.11 Å². The third-order valence-electron chi connectivity index (χ3n) is 2.86. The molecule has 0 bridgehead atoms. The zero-order valence-corrected chi connectivity index (χ0v) is 10.3. The van der Waals surface area contributed by atoms with Gasteiger partial charge in [0, 0.05) is 18.8 Å². The molecule has 0 fully saturated rings. The molecule has 0 radical (unpaired) electrons. The summed E-state index contributed by atoms with van der Waals surface area (Å²) in [6.45, 7) is 2.01. The number of benzene rings is 1. The van der Waals surface area contributed by atoms with E-state index in [4.69, 9.17) is 10.5 Å². The summed E-state index contributed by atoms with van der Waals surface area (Å²) in [5.74, 6) is 0.882. The first kappa shape index (κ1) is 11.7. The second-order valence-corrected chi connectivity index (χ2v) is 4.15. The monoisotopic (exact) mass is 231 g/mol. The Morgan fingerprint density at radius 1 is 1.35 bits per heavy atom. The molecule has 0 saturated carbocycles. The molecular formula is C13H17N3O. The first-order valence-corrected chi connectivity index (χ1v) is 5.50. The second-order valence-electron chi connectivity index (χ2n) is 4.15. The predicted molar refractivity (Wildman–Crippen MR) is 67.0 cm³/mol. The largest absolute Gasteiger partial charge is 0.496 e. The van der Waals surface area contributed by atoms with Crippen LogP contribution in [0.5, 0.6) is 5.75 Å². The summed E-state index contributed by atoms with van der Waals surface area (Å²) < 4.78 is 6.99. The second kappa shape index (κ2) is 4.59. The number of ether oxygens (including phenoxy) is 1. The fourth-order valence-corrected chi connectivity index (χ4v) is 1.89. The lowest BCUT2D eigenvalue weighted by atomic mass is 10.0. The molecule has 0 saturated heterocycles. The number of rotatable bonds is 3. The van der Waals surface area contributed by atoms with Crippen LogP contribution in [0.4, 0.5) is 0 Å². The van der Waals surface area contributed by atoms with Crippen molar-refractivity contribution < 1.29 is 4.74 Å². The van der Waals surface area contributed by atoms with E-state index in [1.807, 2.05) is 32.3 Å². The van der Waals surface area contributed by atoms with Gasteiger partial charge in [-0.2, -0.15) is 5.10 Å². The van der Waals surface area contributed by atoms with E-state index in [1.54, 1.807) is 18.0 Å². The van der Waals surface area contributed by atoms with E-state index >= 15 is 0 Å². The molecule has 17 heavy (non-hydrogen) atoms. The summed E-state index contributed by atoms with van der Waals surface area (Å²) in [6.07, 6.45) is 3.73. The number of methoxy groups -OCH3 is 1. The van der Waals surface area contributed by atoms with Gasteiger partial charge < -0.3 is 10.5 Å². The van der Waals surface area contributed by atoms with Crippen LogP contribution >= 0.6 is 0 Å². The van der Waals surface area contributed by atoms with Crippen molar-refractivity contribution in [3.8, 4) is 5.75 Å². The molecule has 2 N–H and O–H groups in total. The number of hydrogen-bond acceptors (Lipinski definition) is 3. The maximum absolute atomic E-state index is 6.20. The Bertz CT molecular complexity index is 519. The van der Waals surface area contributed by atoms with Gasteiger partial charge in [-0.1, -0.05) is 12.1 Å². The van der Waals surface area contributed by atoms with Crippen molar-refractivity contribution in [1.29, 1.82) is 0 Å². The number of aromatic nitrogens is 2. The molecule has 0 aliphatic heterocycles. The van der Waals surface area contributed by atoms with Gasteiger partial charge in [-0.05, 0) is 24.1 Å². The lowest BCUT2D eigenvalue weighted by Gasteiger charge is -2.12. The average molecular weight is 231 g/mol. The van der Waals surface area contributed by atoms with Crippen LogP contribution in [-0.2, 0) is 7.05 Å². The zero-order valence-electron chi connectivity index (χ0n) is 10.3. The molecule has 4 nitrogen and oxygen atoms in total. The summed E-state index contributed by atoms with van der Waals surface area (Å²) in [5.41, 5.74) is 9.36. The van der Waals surface area contributed by atoms with Crippen molar-refractivity contribution >= 4 is 0 Å². The van der Waals surface area contributed by atoms with Crippen molar-refractivity contribution in [2.45, 2.75) is 13.0 Å². The van der Waals surface area contributed by atoms with E-state index in [9.17, 15) is 0 Å². The van der Waals surface area contributed by atoms with Gasteiger partial charge in [-0.3, -0.25) is 4.68 Å². The molecule has 4 heteroatoms. The normalized spacial score (nSPS) is 12.5. The first-order chi connectivity index (χ1) is 8.11. The third-order valence-corrected chi connectivity index (χ3v) is 2.86. The highest BCUT2D eigenvalue weighted by Gasteiger charge is 2.11. The quantitative estimate of drug-likeness (QED) is 0.876. The van der Waals surface area contributed by atoms with Crippen LogP contribution in [0.3, 0.4) is 0 Å². The maximum atomic E-state index is 6.20. The van der Waals surface area contributed by atoms with Crippen LogP contribution in [0.25, 0.3) is 0 Å². The number of nitrogens with zero attached hydrogens (tertiary/aromatic N) is 2. The summed E-state index contributed by atoms with van der Waals surface area (Å²) >= 11 is 0. The van der Waals surface area contributed by atoms with Gasteiger partial charge >= 0.3 is 0 Å². The molecule has 0 spiro atoms. The van der Waals surface area contributed by atoms with Crippen LogP contribution in [0.15, 0.2) is 30.6 Å². The molecule has 2 rings (SSSR count). The van der Waals surface area contributed by atoms with Crippen LogP contribution in [0, 0.1) is 6.92 Å². The molecular weight excluding hydrogens is 214 g/mol. The van der Waals surface area contributed by atoms with E-state index < -0.39 is 0 Å². The minimum Gasteiger partial charge on any atom is -0.496 e. The summed E-state index contributed by atoms with van der Waals surface area (Å²) in [5, 5.41) is 4.13. The predicted octanol–water partition coefficient (Wildman–Crippen LogP) is 1.79. The molecule has 0 aliphatic rings. The van der Waals surface area contributed by atoms with Gasteiger partial charge in [0.2, 0.25) is 0 Å². The van der Waals surface area contributed by atoms with Gasteiger partial charge in [0.25, 0.3) is 0 Å². The maximum Gasteiger partial charge on any atom is 0.121 e. The van der Waals surface area contributed by atoms with Gasteiger partial charge in [0.1, 0.15) is 5.75 Å². The standard InChI is InChI=1S/C13H17N3O/c1-9-6-10(4-5-12(9)17-3)13(14)11-7-15-16(2)8-11/h4-8,13H,14H2,1-3H3. The van der Waals surface area contributed by atoms with Crippen LogP contribution in [0.2, 0.25) is 0 Å². The Hall–Kier alpha value is -1.81. The number of hydrogen-bond donors (Lipinski definition) is 1. The molecule has 2 aromatic rings. The van der Waals surface area contributed by atoms with E-state index in [-0.39, 0.29) is 6.04 Å². The Kier molecular flexibility index (Phi) is 3.15. The van der Waals surface area contributed by atoms with Crippen molar-refractivity contribution in [3.63, 3.8) is 0 Å². The zero-order chi connectivity index (χ0) is 12.4. The van der Waals surface area contributed by atoms with Crippen molar-refractivity contribution in [1.82, 2.24) is 9.78 Å². The number of aryl methyl sites for hydroxylation is 2.